The van der Waals surface area contributed by atoms with Gasteiger partial charge >= 0.3 is 5.97 Å². The van der Waals surface area contributed by atoms with E-state index in [4.69, 9.17) is 5.11 Å². The number of benzene rings is 1. The summed E-state index contributed by atoms with van der Waals surface area (Å²) in [6.45, 7) is 0. The summed E-state index contributed by atoms with van der Waals surface area (Å²) >= 11 is 0. The van der Waals surface area contributed by atoms with Gasteiger partial charge in [-0.05, 0) is 43.5 Å². The van der Waals surface area contributed by atoms with Crippen LogP contribution in [0.3, 0.4) is 0 Å². The Bertz CT molecular complexity index is 580. The van der Waals surface area contributed by atoms with Gasteiger partial charge in [0.2, 0.25) is 5.91 Å². The second-order valence-electron chi connectivity index (χ2n) is 5.81. The number of carbonyl (C=O) groups is 3. The van der Waals surface area contributed by atoms with Gasteiger partial charge in [0.15, 0.2) is 0 Å². The highest BCUT2D eigenvalue weighted by Crippen LogP contribution is 2.31. The van der Waals surface area contributed by atoms with E-state index in [9.17, 15) is 14.4 Å². The van der Waals surface area contributed by atoms with E-state index in [2.05, 4.69) is 5.32 Å². The normalized spacial score (nSPS) is 20.5. The van der Waals surface area contributed by atoms with E-state index in [0.29, 0.717) is 30.5 Å². The zero-order valence-electron chi connectivity index (χ0n) is 12.7. The van der Waals surface area contributed by atoms with Crippen LogP contribution < -0.4 is 5.32 Å². The first-order valence-corrected chi connectivity index (χ1v) is 7.24. The minimum atomic E-state index is -0.832. The van der Waals surface area contributed by atoms with Gasteiger partial charge in [-0.15, -0.1) is 0 Å². The van der Waals surface area contributed by atoms with Gasteiger partial charge in [0.25, 0.3) is 5.91 Å². The number of amides is 2. The molecule has 118 valence electrons. The van der Waals surface area contributed by atoms with Crippen LogP contribution in [0.15, 0.2) is 24.3 Å². The molecule has 1 aromatic carbocycles. The van der Waals surface area contributed by atoms with Crippen molar-refractivity contribution in [3.05, 3.63) is 29.8 Å². The minimum Gasteiger partial charge on any atom is -0.481 e. The Labute approximate surface area is 129 Å². The third kappa shape index (κ3) is 3.63. The first-order valence-electron chi connectivity index (χ1n) is 7.24. The van der Waals surface area contributed by atoms with Gasteiger partial charge in [-0.1, -0.05) is 0 Å². The predicted octanol–water partition coefficient (Wildman–Crippen LogP) is 1.83. The van der Waals surface area contributed by atoms with E-state index < -0.39 is 11.9 Å². The highest BCUT2D eigenvalue weighted by Gasteiger charge is 2.33. The van der Waals surface area contributed by atoms with Crippen molar-refractivity contribution in [1.82, 2.24) is 4.90 Å². The van der Waals surface area contributed by atoms with Gasteiger partial charge < -0.3 is 15.3 Å². The molecular formula is C16H20N2O4. The zero-order chi connectivity index (χ0) is 16.3. The molecule has 6 heteroatoms. The first kappa shape index (κ1) is 16.0. The molecule has 0 bridgehead atoms. The van der Waals surface area contributed by atoms with Gasteiger partial charge in [-0.25, -0.2) is 0 Å². The van der Waals surface area contributed by atoms with Crippen molar-refractivity contribution in [2.45, 2.75) is 19.3 Å². The second kappa shape index (κ2) is 6.60. The largest absolute Gasteiger partial charge is 0.481 e. The summed E-state index contributed by atoms with van der Waals surface area (Å²) < 4.78 is 0. The van der Waals surface area contributed by atoms with Gasteiger partial charge in [0.05, 0.1) is 5.92 Å². The lowest BCUT2D eigenvalue weighted by Gasteiger charge is -2.13. The Morgan fingerprint density at radius 3 is 2.18 bits per heavy atom. The van der Waals surface area contributed by atoms with Crippen molar-refractivity contribution in [2.24, 2.45) is 11.8 Å². The Balaban J connectivity index is 1.95. The zero-order valence-corrected chi connectivity index (χ0v) is 12.7. The summed E-state index contributed by atoms with van der Waals surface area (Å²) in [5.41, 5.74) is 1.16. The minimum absolute atomic E-state index is 0.0991. The maximum Gasteiger partial charge on any atom is 0.306 e. The molecule has 1 fully saturated rings. The lowest BCUT2D eigenvalue weighted by Crippen LogP contribution is -2.22. The number of carbonyl (C=O) groups excluding carboxylic acids is 2. The molecule has 0 aromatic heterocycles. The monoisotopic (exact) mass is 304 g/mol. The number of hydrogen-bond donors (Lipinski definition) is 2. The molecule has 6 nitrogen and oxygen atoms in total. The number of aliphatic carboxylic acids is 1. The fraction of sp³-hybridized carbons (Fsp3) is 0.438. The molecule has 0 saturated heterocycles. The fourth-order valence-electron chi connectivity index (χ4n) is 2.64. The summed E-state index contributed by atoms with van der Waals surface area (Å²) in [4.78, 5) is 36.3. The molecule has 1 aliphatic rings. The van der Waals surface area contributed by atoms with E-state index in [0.717, 1.165) is 0 Å². The molecule has 2 amide bonds. The third-order valence-electron chi connectivity index (χ3n) is 3.96. The average molecular weight is 304 g/mol. The third-order valence-corrected chi connectivity index (χ3v) is 3.96. The van der Waals surface area contributed by atoms with Gasteiger partial charge in [0, 0.05) is 31.3 Å². The van der Waals surface area contributed by atoms with Crippen molar-refractivity contribution in [3.8, 4) is 0 Å². The van der Waals surface area contributed by atoms with Crippen LogP contribution >= 0.6 is 0 Å². The Morgan fingerprint density at radius 1 is 1.09 bits per heavy atom. The summed E-state index contributed by atoms with van der Waals surface area (Å²) in [5, 5.41) is 11.7. The Morgan fingerprint density at radius 2 is 1.68 bits per heavy atom. The SMILES string of the molecule is CN(C)C(=O)c1ccc(NC(=O)[C@@H]2CC[C@H](C(=O)O)C2)cc1. The predicted molar refractivity (Wildman–Crippen MR) is 81.6 cm³/mol. The molecule has 2 N–H and O–H groups in total. The molecule has 0 heterocycles. The average Bonchev–Trinajstić information content (AvgIpc) is 2.97. The van der Waals surface area contributed by atoms with E-state index >= 15 is 0 Å². The molecular weight excluding hydrogens is 284 g/mol. The molecule has 0 unspecified atom stereocenters. The second-order valence-corrected chi connectivity index (χ2v) is 5.81. The van der Waals surface area contributed by atoms with Crippen LogP contribution in [0.2, 0.25) is 0 Å². The van der Waals surface area contributed by atoms with Crippen LogP contribution in [0, 0.1) is 11.8 Å². The smallest absolute Gasteiger partial charge is 0.306 e. The van der Waals surface area contributed by atoms with E-state index in [1.807, 2.05) is 0 Å². The van der Waals surface area contributed by atoms with Gasteiger partial charge in [0.1, 0.15) is 0 Å². The first-order chi connectivity index (χ1) is 10.4. The van der Waals surface area contributed by atoms with E-state index in [-0.39, 0.29) is 17.7 Å². The van der Waals surface area contributed by atoms with E-state index in [1.54, 1.807) is 38.4 Å². The molecule has 1 aliphatic carbocycles. The number of rotatable bonds is 4. The highest BCUT2D eigenvalue weighted by molar-refractivity contribution is 5.96. The fourth-order valence-corrected chi connectivity index (χ4v) is 2.64. The van der Waals surface area contributed by atoms with Crippen LogP contribution in [-0.2, 0) is 9.59 Å². The van der Waals surface area contributed by atoms with Crippen LogP contribution in [0.25, 0.3) is 0 Å². The van der Waals surface area contributed by atoms with Crippen molar-refractivity contribution in [3.63, 3.8) is 0 Å². The number of hydrogen-bond acceptors (Lipinski definition) is 3. The van der Waals surface area contributed by atoms with Crippen molar-refractivity contribution in [2.75, 3.05) is 19.4 Å². The van der Waals surface area contributed by atoms with Crippen molar-refractivity contribution in [1.29, 1.82) is 0 Å². The summed E-state index contributed by atoms with van der Waals surface area (Å²) in [7, 11) is 3.36. The number of carboxylic acid groups (broad SMARTS) is 1. The molecule has 0 spiro atoms. The number of anilines is 1. The highest BCUT2D eigenvalue weighted by atomic mass is 16.4. The topological polar surface area (TPSA) is 86.7 Å². The molecule has 1 aromatic rings. The quantitative estimate of drug-likeness (QED) is 0.888. The molecule has 0 aliphatic heterocycles. The lowest BCUT2D eigenvalue weighted by molar-refractivity contribution is -0.141. The Kier molecular flexibility index (Phi) is 4.80. The number of carboxylic acids is 1. The van der Waals surface area contributed by atoms with Crippen LogP contribution in [-0.4, -0.2) is 41.9 Å². The summed E-state index contributed by atoms with van der Waals surface area (Å²) in [5.74, 6) is -1.77. The molecule has 2 rings (SSSR count). The maximum atomic E-state index is 12.1. The lowest BCUT2D eigenvalue weighted by atomic mass is 10.0. The summed E-state index contributed by atoms with van der Waals surface area (Å²) in [6, 6.07) is 6.68. The molecule has 0 radical (unpaired) electrons. The number of nitrogens with one attached hydrogen (secondary N) is 1. The van der Waals surface area contributed by atoms with Gasteiger partial charge in [-0.3, -0.25) is 14.4 Å². The van der Waals surface area contributed by atoms with Crippen LogP contribution in [0.4, 0.5) is 5.69 Å². The maximum absolute atomic E-state index is 12.1. The van der Waals surface area contributed by atoms with Crippen LogP contribution in [0.5, 0.6) is 0 Å². The van der Waals surface area contributed by atoms with Gasteiger partial charge in [-0.2, -0.15) is 0 Å². The summed E-state index contributed by atoms with van der Waals surface area (Å²) in [6.07, 6.45) is 1.53. The number of nitrogens with zero attached hydrogens (tertiary/aromatic N) is 1. The van der Waals surface area contributed by atoms with E-state index in [1.165, 1.54) is 4.90 Å². The van der Waals surface area contributed by atoms with Crippen molar-refractivity contribution < 1.29 is 19.5 Å². The van der Waals surface area contributed by atoms with Crippen LogP contribution in [0.1, 0.15) is 29.6 Å². The molecule has 1 saturated carbocycles. The molecule has 2 atom stereocenters. The van der Waals surface area contributed by atoms with Crippen molar-refractivity contribution >= 4 is 23.5 Å². The molecule has 22 heavy (non-hydrogen) atoms. The Hall–Kier alpha value is -2.37. The standard InChI is InChI=1S/C16H20N2O4/c1-18(2)15(20)10-5-7-13(8-6-10)17-14(19)11-3-4-12(9-11)16(21)22/h5-8,11-12H,3-4,9H2,1-2H3,(H,17,19)(H,21,22)/t11-,12+/m1/s1.